The van der Waals surface area contributed by atoms with Gasteiger partial charge in [-0.1, -0.05) is 44.8 Å². The third-order valence-electron chi connectivity index (χ3n) is 11.9. The predicted octanol–water partition coefficient (Wildman–Crippen LogP) is 3.05. The van der Waals surface area contributed by atoms with E-state index in [9.17, 15) is 24.9 Å². The van der Waals surface area contributed by atoms with Gasteiger partial charge in [0.05, 0.1) is 49.5 Å². The highest BCUT2D eigenvalue weighted by Gasteiger charge is 2.62. The first-order valence-corrected chi connectivity index (χ1v) is 27.0. The van der Waals surface area contributed by atoms with Crippen LogP contribution in [0.25, 0.3) is 10.9 Å². The van der Waals surface area contributed by atoms with Crippen LogP contribution in [0, 0.1) is 23.7 Å². The number of alkyl carbamates (subject to hydrolysis) is 1. The topological polar surface area (TPSA) is 219 Å². The molecule has 67 heavy (non-hydrogen) atoms. The predicted molar refractivity (Wildman–Crippen MR) is 263 cm³/mol. The van der Waals surface area contributed by atoms with Gasteiger partial charge >= 0.3 is 6.09 Å². The molecule has 16 nitrogen and oxygen atoms in total. The third kappa shape index (κ3) is 11.7. The number of aliphatic hydroxyl groups excluding tert-OH is 2. The quantitative estimate of drug-likeness (QED) is 0.150. The van der Waals surface area contributed by atoms with Crippen LogP contribution in [0.15, 0.2) is 58.3 Å². The molecule has 2 aromatic rings. The molecule has 8 unspecified atom stereocenters. The maximum Gasteiger partial charge on any atom is 0.411 e. The van der Waals surface area contributed by atoms with E-state index in [1.54, 1.807) is 57.7 Å². The molecule has 1 aromatic carbocycles. The van der Waals surface area contributed by atoms with Crippen molar-refractivity contribution in [3.8, 4) is 29.4 Å². The molecule has 0 spiro atoms. The number of ketones is 2. The number of aliphatic imine (C=N–C) groups is 1. The van der Waals surface area contributed by atoms with Gasteiger partial charge in [-0.25, -0.2) is 4.79 Å². The number of phenols is 1. The van der Waals surface area contributed by atoms with Crippen LogP contribution in [-0.2, 0) is 74.0 Å². The van der Waals surface area contributed by atoms with Gasteiger partial charge in [-0.3, -0.25) is 19.9 Å². The number of hydrogen-bond donors (Lipinski definition) is 6. The van der Waals surface area contributed by atoms with Crippen molar-refractivity contribution in [3.63, 3.8) is 0 Å². The van der Waals surface area contributed by atoms with Crippen molar-refractivity contribution in [2.45, 2.75) is 113 Å². The second kappa shape index (κ2) is 22.6. The Bertz CT molecular complexity index is 2590. The summed E-state index contributed by atoms with van der Waals surface area (Å²) in [6.07, 6.45) is -2.89. The highest BCUT2D eigenvalue weighted by Crippen LogP contribution is 2.45. The summed E-state index contributed by atoms with van der Waals surface area (Å²) in [4.78, 5) is 50.1. The number of aliphatic hydroxyl groups is 2. The van der Waals surface area contributed by atoms with Crippen molar-refractivity contribution in [1.29, 1.82) is 0 Å². The van der Waals surface area contributed by atoms with Crippen LogP contribution < -0.4 is 10.6 Å². The number of carbonyl (C=O) groups is 3. The number of nitrogens with one attached hydrogen (secondary N) is 3. The minimum Gasteiger partial charge on any atom is -0.508 e. The van der Waals surface area contributed by atoms with Gasteiger partial charge in [0.15, 0.2) is 18.4 Å². The number of amides is 1. The molecule has 2 saturated heterocycles. The summed E-state index contributed by atoms with van der Waals surface area (Å²) in [7, 11) is 0.683. The zero-order valence-electron chi connectivity index (χ0n) is 38.6. The Kier molecular flexibility index (Phi) is 17.7. The van der Waals surface area contributed by atoms with E-state index in [1.165, 1.54) is 12.2 Å². The fourth-order valence-electron chi connectivity index (χ4n) is 8.76. The lowest BCUT2D eigenvalue weighted by Gasteiger charge is -2.51. The molecule has 1 amide bonds. The normalized spacial score (nSPS) is 28.9. The highest BCUT2D eigenvalue weighted by atomic mass is 33.1. The van der Waals surface area contributed by atoms with Gasteiger partial charge in [0.25, 0.3) is 0 Å². The third-order valence-corrected chi connectivity index (χ3v) is 14.9. The van der Waals surface area contributed by atoms with E-state index >= 15 is 4.79 Å². The van der Waals surface area contributed by atoms with Crippen LogP contribution in [0.1, 0.15) is 51.8 Å². The first-order chi connectivity index (χ1) is 31.9. The number of rotatable bonds is 14. The number of carbonyl (C=O) groups excluding carboxylic acids is 3. The fourth-order valence-corrected chi connectivity index (χ4v) is 10.7. The second-order valence-electron chi connectivity index (χ2n) is 16.7. The number of hydrogen-bond acceptors (Lipinski definition) is 17. The number of aromatic nitrogens is 1. The van der Waals surface area contributed by atoms with Gasteiger partial charge in [-0.15, -0.1) is 17.7 Å². The number of H-pyrrole nitrogens is 1. The van der Waals surface area contributed by atoms with E-state index in [2.05, 4.69) is 39.3 Å². The van der Waals surface area contributed by atoms with Gasteiger partial charge in [-0.2, -0.15) is 0 Å². The highest BCUT2D eigenvalue weighted by molar-refractivity contribution is 8.56. The second-order valence-corrected chi connectivity index (χ2v) is 25.1. The maximum absolute atomic E-state index is 15.4. The molecule has 1 aromatic heterocycles. The molecule has 0 bridgehead atoms. The number of aromatic hydroxyl groups is 1. The number of benzene rings is 1. The monoisotopic (exact) mass is 998 g/mol. The molecule has 0 radical (unpaired) electrons. The SMILES string of the molecule is CC#C/C=C\C#C[C@H](OC1OC(C)C(SC)(C(=O)C2=NCCc3c2[nH]c2ccc(O)cc32)C(O)C1OC1CC(OC)C(NC(C)C)CO1)C1=C(NC(=O)OC)C(=O)C[C@H](O)/C1=C/CS(C)(=S)=S. The van der Waals surface area contributed by atoms with E-state index < -0.39 is 79.1 Å². The molecule has 20 heteroatoms. The maximum atomic E-state index is 15.4. The van der Waals surface area contributed by atoms with Crippen LogP contribution in [0.5, 0.6) is 5.75 Å². The number of fused-ring (bicyclic) bond motifs is 3. The van der Waals surface area contributed by atoms with Crippen LogP contribution in [0.3, 0.4) is 0 Å². The van der Waals surface area contributed by atoms with Crippen molar-refractivity contribution >= 4 is 75.6 Å². The lowest BCUT2D eigenvalue weighted by Crippen LogP contribution is -2.70. The summed E-state index contributed by atoms with van der Waals surface area (Å²) in [5, 5.41) is 41.6. The molecule has 4 heterocycles. The Labute approximate surface area is 404 Å². The largest absolute Gasteiger partial charge is 0.508 e. The Morgan fingerprint density at radius 2 is 1.94 bits per heavy atom. The first-order valence-electron chi connectivity index (χ1n) is 21.7. The zero-order valence-corrected chi connectivity index (χ0v) is 41.8. The minimum absolute atomic E-state index is 0.0301. The smallest absolute Gasteiger partial charge is 0.411 e. The number of methoxy groups -OCH3 is 2. The molecule has 1 aliphatic carbocycles. The number of thioether (sulfide) groups is 1. The number of allylic oxidation sites excluding steroid dienone is 3. The lowest BCUT2D eigenvalue weighted by molar-refractivity contribution is -0.323. The molecule has 362 valence electrons. The minimum atomic E-state index is -2.04. The van der Waals surface area contributed by atoms with Crippen molar-refractivity contribution in [2.75, 3.05) is 45.6 Å². The van der Waals surface area contributed by atoms with E-state index in [1.807, 2.05) is 13.8 Å². The average molecular weight is 999 g/mol. The van der Waals surface area contributed by atoms with Crippen LogP contribution in [-0.4, -0.2) is 155 Å². The summed E-state index contributed by atoms with van der Waals surface area (Å²) in [6.45, 7) is 7.74. The average Bonchev–Trinajstić information content (AvgIpc) is 3.65. The number of nitrogens with zero attached hydrogens (tertiary/aromatic N) is 1. The van der Waals surface area contributed by atoms with Crippen molar-refractivity contribution in [3.05, 3.63) is 64.5 Å². The Morgan fingerprint density at radius 3 is 2.61 bits per heavy atom. The van der Waals surface area contributed by atoms with E-state index in [0.717, 1.165) is 29.8 Å². The van der Waals surface area contributed by atoms with Crippen molar-refractivity contribution in [1.82, 2.24) is 15.6 Å². The summed E-state index contributed by atoms with van der Waals surface area (Å²) in [6, 6.07) is 4.83. The fraction of sp³-hybridized carbons (Fsp3) is 0.532. The number of aromatic amines is 1. The molecular weight excluding hydrogens is 941 g/mol. The van der Waals surface area contributed by atoms with Crippen LogP contribution >= 0.6 is 11.8 Å². The molecule has 4 aliphatic rings. The van der Waals surface area contributed by atoms with E-state index in [0.29, 0.717) is 17.6 Å². The molecule has 0 saturated carbocycles. The first kappa shape index (κ1) is 52.4. The van der Waals surface area contributed by atoms with Crippen molar-refractivity contribution in [2.24, 2.45) is 4.99 Å². The molecule has 3 aliphatic heterocycles. The van der Waals surface area contributed by atoms with Gasteiger partial charge in [0, 0.05) is 54.8 Å². The summed E-state index contributed by atoms with van der Waals surface area (Å²) >= 11 is 12.2. The molecule has 6 rings (SSSR count). The number of phenolic OH excluding ortho intramolecular Hbond substituents is 1. The van der Waals surface area contributed by atoms with Gasteiger partial charge in [0.1, 0.15) is 34.5 Å². The molecule has 6 N–H and O–H groups in total. The summed E-state index contributed by atoms with van der Waals surface area (Å²) < 4.78 is 35.5. The van der Waals surface area contributed by atoms with E-state index in [-0.39, 0.29) is 71.8 Å². The Morgan fingerprint density at radius 1 is 1.19 bits per heavy atom. The molecule has 2 fully saturated rings. The van der Waals surface area contributed by atoms with Crippen molar-refractivity contribution < 1.29 is 58.1 Å². The summed E-state index contributed by atoms with van der Waals surface area (Å²) in [5.41, 5.74) is 1.93. The van der Waals surface area contributed by atoms with Gasteiger partial charge in [-0.05, 0) is 96.6 Å². The standard InChI is InChI=1S/C47H58N4O12S4/c1-9-10-11-12-13-14-35(38-29(18-20-67(8,64)65)33(53)22-34(54)40(38)51-46(57)59-6)62-45-42(63-37-23-36(58-5)32(24-60-37)49-25(2)3)44(56)47(66-7,26(4)61-45)43(55)41-39-28(17-19-48-41)30-21-27(52)15-16-31(30)50-39/h11-12,15-16,18,21,25-26,32-33,35-37,42,44-45,49-50,52-53,56H,17,19-20,22-24H2,1-8H3,(H,51,57)/b12-11-,29-18-/t26?,32?,33-,35-,36?,37?,42?,44?,45?,47?/m0/s1. The lowest BCUT2D eigenvalue weighted by atomic mass is 9.81. The summed E-state index contributed by atoms with van der Waals surface area (Å²) in [5.74, 6) is 10.5. The van der Waals surface area contributed by atoms with Gasteiger partial charge in [0.2, 0.25) is 5.78 Å². The molecular formula is C47H58N4O12S4. The van der Waals surface area contributed by atoms with Gasteiger partial charge < -0.3 is 54.0 Å². The zero-order chi connectivity index (χ0) is 48.8. The number of ether oxygens (including phenoxy) is 6. The molecule has 10 atom stereocenters. The Balaban J connectivity index is 1.49. The number of Topliss-reactive ketones (excluding diaryl/α,β-unsaturated/α-hetero) is 2. The van der Waals surface area contributed by atoms with Crippen LogP contribution in [0.2, 0.25) is 0 Å². The Hall–Kier alpha value is -4.00. The van der Waals surface area contributed by atoms with E-state index in [4.69, 9.17) is 55.8 Å². The van der Waals surface area contributed by atoms with Crippen LogP contribution in [0.4, 0.5) is 4.79 Å².